The number of ketones is 1. The van der Waals surface area contributed by atoms with Crippen LogP contribution in [0.2, 0.25) is 0 Å². The molecule has 0 saturated carbocycles. The van der Waals surface area contributed by atoms with E-state index in [1.165, 1.54) is 7.05 Å². The summed E-state index contributed by atoms with van der Waals surface area (Å²) < 4.78 is 10.3. The molecule has 206 valence electrons. The average Bonchev–Trinajstić information content (AvgIpc) is 2.79. The number of carboxylic acids is 2. The molecule has 0 fully saturated rings. The SMILES string of the molecule is CCCCOCCCC(=O)C[NH+](CC[NH+](CC(=O)[O-])CC(=O)NC)CC(=O)[O-].NCCOCCN. The molecular formula is C22H45N5O8. The Morgan fingerprint density at radius 1 is 0.771 bits per heavy atom. The predicted molar refractivity (Wildman–Crippen MR) is 124 cm³/mol. The fraction of sp³-hybridized carbons (Fsp3) is 0.818. The molecule has 1 amide bonds. The van der Waals surface area contributed by atoms with Crippen LogP contribution in [0.3, 0.4) is 0 Å². The smallest absolute Gasteiger partial charge is 0.274 e. The van der Waals surface area contributed by atoms with Crippen molar-refractivity contribution in [3.8, 4) is 0 Å². The first-order valence-corrected chi connectivity index (χ1v) is 12.0. The molecule has 0 aliphatic rings. The van der Waals surface area contributed by atoms with Gasteiger partial charge in [-0.25, -0.2) is 0 Å². The Kier molecular flexibility index (Phi) is 25.0. The molecule has 35 heavy (non-hydrogen) atoms. The molecule has 7 N–H and O–H groups in total. The van der Waals surface area contributed by atoms with E-state index in [-0.39, 0.29) is 57.4 Å². The molecule has 0 spiro atoms. The molecule has 0 aliphatic heterocycles. The van der Waals surface area contributed by atoms with Gasteiger partial charge in [0.25, 0.3) is 5.91 Å². The molecule has 0 heterocycles. The number of nitrogens with one attached hydrogen (secondary N) is 3. The zero-order valence-electron chi connectivity index (χ0n) is 21.2. The van der Waals surface area contributed by atoms with E-state index in [9.17, 15) is 29.4 Å². The number of Topliss-reactive ketones (excluding diaryl/α,β-unsaturated/α-hetero) is 1. The van der Waals surface area contributed by atoms with E-state index in [1.807, 2.05) is 0 Å². The van der Waals surface area contributed by atoms with Gasteiger partial charge in [-0.05, 0) is 12.8 Å². The van der Waals surface area contributed by atoms with Crippen LogP contribution >= 0.6 is 0 Å². The third-order valence-electron chi connectivity index (χ3n) is 4.67. The largest absolute Gasteiger partial charge is 0.544 e. The van der Waals surface area contributed by atoms with Crippen molar-refractivity contribution < 1.29 is 48.7 Å². The van der Waals surface area contributed by atoms with Gasteiger partial charge < -0.3 is 55.9 Å². The Morgan fingerprint density at radius 2 is 1.26 bits per heavy atom. The van der Waals surface area contributed by atoms with Gasteiger partial charge in [0.1, 0.15) is 32.7 Å². The van der Waals surface area contributed by atoms with Gasteiger partial charge in [0, 0.05) is 39.8 Å². The normalized spacial score (nSPS) is 12.2. The van der Waals surface area contributed by atoms with E-state index in [2.05, 4.69) is 12.2 Å². The number of unbranched alkanes of at least 4 members (excludes halogenated alkanes) is 1. The zero-order chi connectivity index (χ0) is 26.9. The van der Waals surface area contributed by atoms with Gasteiger partial charge in [0.2, 0.25) is 0 Å². The maximum Gasteiger partial charge on any atom is 0.274 e. The van der Waals surface area contributed by atoms with Crippen molar-refractivity contribution in [3.63, 3.8) is 0 Å². The third-order valence-corrected chi connectivity index (χ3v) is 4.67. The van der Waals surface area contributed by atoms with Gasteiger partial charge in [-0.3, -0.25) is 9.59 Å². The number of amides is 1. The number of hydrogen-bond acceptors (Lipinski definition) is 10. The summed E-state index contributed by atoms with van der Waals surface area (Å²) in [5.41, 5.74) is 10.2. The second-order valence-electron chi connectivity index (χ2n) is 7.92. The van der Waals surface area contributed by atoms with Crippen LogP contribution in [0.4, 0.5) is 0 Å². The maximum atomic E-state index is 12.1. The number of carbonyl (C=O) groups is 4. The fourth-order valence-electron chi connectivity index (χ4n) is 2.91. The van der Waals surface area contributed by atoms with Gasteiger partial charge >= 0.3 is 0 Å². The summed E-state index contributed by atoms with van der Waals surface area (Å²) >= 11 is 0. The Labute approximate surface area is 208 Å². The topological polar surface area (TPSA) is 206 Å². The minimum atomic E-state index is -1.31. The van der Waals surface area contributed by atoms with Crippen LogP contribution in [0.1, 0.15) is 32.6 Å². The summed E-state index contributed by atoms with van der Waals surface area (Å²) in [5.74, 6) is -3.03. The third kappa shape index (κ3) is 26.3. The highest BCUT2D eigenvalue weighted by Gasteiger charge is 2.20. The molecule has 0 bridgehead atoms. The monoisotopic (exact) mass is 507 g/mol. The van der Waals surface area contributed by atoms with Gasteiger partial charge in [0.15, 0.2) is 12.3 Å². The molecule has 13 nitrogen and oxygen atoms in total. The van der Waals surface area contributed by atoms with Crippen LogP contribution in [0, 0.1) is 0 Å². The van der Waals surface area contributed by atoms with Crippen molar-refractivity contribution in [2.24, 2.45) is 11.5 Å². The lowest BCUT2D eigenvalue weighted by molar-refractivity contribution is -0.944. The van der Waals surface area contributed by atoms with Crippen molar-refractivity contribution in [1.29, 1.82) is 0 Å². The molecule has 2 atom stereocenters. The van der Waals surface area contributed by atoms with Crippen molar-refractivity contribution in [2.45, 2.75) is 32.6 Å². The second-order valence-corrected chi connectivity index (χ2v) is 7.92. The average molecular weight is 508 g/mol. The number of likely N-dealkylation sites (N-methyl/N-ethyl adjacent to an activating group) is 1. The van der Waals surface area contributed by atoms with E-state index < -0.39 is 11.9 Å². The Bertz CT molecular complexity index is 576. The zero-order valence-corrected chi connectivity index (χ0v) is 21.2. The van der Waals surface area contributed by atoms with E-state index in [4.69, 9.17) is 20.9 Å². The van der Waals surface area contributed by atoms with Gasteiger partial charge in [-0.2, -0.15) is 0 Å². The summed E-state index contributed by atoms with van der Waals surface area (Å²) in [6.45, 7) is 5.22. The van der Waals surface area contributed by atoms with Crippen LogP contribution in [0.25, 0.3) is 0 Å². The molecular weight excluding hydrogens is 462 g/mol. The molecule has 0 aromatic heterocycles. The lowest BCUT2D eigenvalue weighted by Crippen LogP contribution is -3.22. The summed E-state index contributed by atoms with van der Waals surface area (Å²) in [6, 6.07) is 0. The standard InChI is InChI=1S/C18H33N3O7.C4H12N2O/c1-3-4-9-28-10-5-6-15(22)11-20(13-17(24)25)7-8-21(14-18(26)27)12-16(23)19-2;5-1-3-7-4-2-6/h3-14H2,1-2H3,(H,19,23)(H,24,25)(H,26,27);1-6H2. The van der Waals surface area contributed by atoms with E-state index in [0.717, 1.165) is 12.8 Å². The highest BCUT2D eigenvalue weighted by Crippen LogP contribution is 1.93. The first-order valence-electron chi connectivity index (χ1n) is 12.0. The summed E-state index contributed by atoms with van der Waals surface area (Å²) in [7, 11) is 1.44. The first kappa shape index (κ1) is 35.0. The number of carboxylic acid groups (broad SMARTS) is 2. The van der Waals surface area contributed by atoms with Crippen molar-refractivity contribution >= 4 is 23.6 Å². The Morgan fingerprint density at radius 3 is 1.71 bits per heavy atom. The maximum absolute atomic E-state index is 12.1. The molecule has 0 aromatic carbocycles. The molecule has 0 radical (unpaired) electrons. The fourth-order valence-corrected chi connectivity index (χ4v) is 2.91. The van der Waals surface area contributed by atoms with Gasteiger partial charge in [0.05, 0.1) is 25.2 Å². The number of carbonyl (C=O) groups excluding carboxylic acids is 4. The Hall–Kier alpha value is -2.16. The highest BCUT2D eigenvalue weighted by molar-refractivity contribution is 5.79. The van der Waals surface area contributed by atoms with E-state index in [1.54, 1.807) is 0 Å². The first-order chi connectivity index (χ1) is 16.7. The van der Waals surface area contributed by atoms with Crippen LogP contribution in [-0.2, 0) is 28.7 Å². The molecule has 0 saturated heterocycles. The number of hydrogen-bond donors (Lipinski definition) is 5. The van der Waals surface area contributed by atoms with Crippen LogP contribution in [0.5, 0.6) is 0 Å². The number of quaternary nitrogens is 2. The number of rotatable bonds is 22. The highest BCUT2D eigenvalue weighted by atomic mass is 16.5. The summed E-state index contributed by atoms with van der Waals surface area (Å²) in [4.78, 5) is 46.3. The lowest BCUT2D eigenvalue weighted by Gasteiger charge is -2.23. The summed E-state index contributed by atoms with van der Waals surface area (Å²) in [6.07, 6.45) is 2.87. The van der Waals surface area contributed by atoms with Gasteiger partial charge in [-0.15, -0.1) is 0 Å². The predicted octanol–water partition coefficient (Wildman–Crippen LogP) is -6.91. The van der Waals surface area contributed by atoms with Gasteiger partial charge in [-0.1, -0.05) is 13.3 Å². The minimum absolute atomic E-state index is 0.00150. The molecule has 0 rings (SSSR count). The van der Waals surface area contributed by atoms with Crippen molar-refractivity contribution in [3.05, 3.63) is 0 Å². The number of nitrogens with two attached hydrogens (primary N) is 2. The van der Waals surface area contributed by atoms with Crippen LogP contribution in [-0.4, -0.2) is 109 Å². The summed E-state index contributed by atoms with van der Waals surface area (Å²) in [5, 5.41) is 24.2. The molecule has 0 aliphatic carbocycles. The molecule has 2 unspecified atom stereocenters. The number of ether oxygens (including phenoxy) is 2. The van der Waals surface area contributed by atoms with Crippen LogP contribution < -0.4 is 36.8 Å². The lowest BCUT2D eigenvalue weighted by atomic mass is 10.2. The number of aliphatic carboxylic acids is 2. The van der Waals surface area contributed by atoms with Crippen molar-refractivity contribution in [1.82, 2.24) is 5.32 Å². The molecule has 13 heteroatoms. The van der Waals surface area contributed by atoms with E-state index >= 15 is 0 Å². The minimum Gasteiger partial charge on any atom is -0.544 e. The van der Waals surface area contributed by atoms with E-state index in [0.29, 0.717) is 55.7 Å². The van der Waals surface area contributed by atoms with Crippen molar-refractivity contribution in [2.75, 3.05) is 85.8 Å². The second kappa shape index (κ2) is 24.9. The molecule has 0 aromatic rings. The Balaban J connectivity index is 0. The van der Waals surface area contributed by atoms with Crippen LogP contribution in [0.15, 0.2) is 0 Å². The quantitative estimate of drug-likeness (QED) is 0.0875.